The maximum absolute atomic E-state index is 12.5. The predicted octanol–water partition coefficient (Wildman–Crippen LogP) is 4.02. The van der Waals surface area contributed by atoms with Crippen LogP contribution in [0.2, 0.25) is 0 Å². The molecule has 1 amide bonds. The van der Waals surface area contributed by atoms with E-state index >= 15 is 0 Å². The van der Waals surface area contributed by atoms with Crippen molar-refractivity contribution in [2.45, 2.75) is 26.6 Å². The van der Waals surface area contributed by atoms with Crippen LogP contribution in [0.1, 0.15) is 28.8 Å². The molecule has 28 heavy (non-hydrogen) atoms. The van der Waals surface area contributed by atoms with E-state index < -0.39 is 0 Å². The molecule has 4 rings (SSSR count). The van der Waals surface area contributed by atoms with Gasteiger partial charge in [-0.1, -0.05) is 12.1 Å². The van der Waals surface area contributed by atoms with Crippen LogP contribution in [0.4, 0.5) is 0 Å². The minimum Gasteiger partial charge on any atom is -0.487 e. The van der Waals surface area contributed by atoms with E-state index in [1.54, 1.807) is 29.8 Å². The number of hydrogen-bond acceptors (Lipinski definition) is 5. The Morgan fingerprint density at radius 1 is 1.18 bits per heavy atom. The fourth-order valence-corrected chi connectivity index (χ4v) is 3.59. The highest BCUT2D eigenvalue weighted by atomic mass is 32.1. The average molecular weight is 392 g/mol. The van der Waals surface area contributed by atoms with Crippen LogP contribution in [0.3, 0.4) is 0 Å². The third-order valence-corrected chi connectivity index (χ3v) is 5.08. The highest BCUT2D eigenvalue weighted by molar-refractivity contribution is 7.07. The number of imidazole rings is 1. The second kappa shape index (κ2) is 8.22. The van der Waals surface area contributed by atoms with Gasteiger partial charge in [-0.2, -0.15) is 0 Å². The van der Waals surface area contributed by atoms with Crippen LogP contribution in [0.25, 0.3) is 11.0 Å². The molecule has 2 aromatic carbocycles. The van der Waals surface area contributed by atoms with Crippen molar-refractivity contribution in [3.05, 3.63) is 76.5 Å². The molecule has 0 saturated carbocycles. The molecule has 0 aliphatic rings. The third-order valence-electron chi connectivity index (χ3n) is 4.44. The maximum atomic E-state index is 12.5. The van der Waals surface area contributed by atoms with Crippen molar-refractivity contribution in [2.24, 2.45) is 0 Å². The average Bonchev–Trinajstić information content (AvgIpc) is 3.38. The van der Waals surface area contributed by atoms with Gasteiger partial charge in [-0.05, 0) is 43.3 Å². The summed E-state index contributed by atoms with van der Waals surface area (Å²) in [5.41, 5.74) is 5.27. The molecule has 7 heteroatoms. The summed E-state index contributed by atoms with van der Waals surface area (Å²) in [5.74, 6) is 1.42. The number of para-hydroxylation sites is 2. The number of nitrogens with one attached hydrogen (secondary N) is 1. The first-order chi connectivity index (χ1) is 13.7. The first kappa shape index (κ1) is 18.2. The smallest absolute Gasteiger partial charge is 0.251 e. The van der Waals surface area contributed by atoms with E-state index in [1.165, 1.54) is 11.3 Å². The van der Waals surface area contributed by atoms with Crippen molar-refractivity contribution in [2.75, 3.05) is 0 Å². The van der Waals surface area contributed by atoms with Gasteiger partial charge in [0.2, 0.25) is 0 Å². The number of benzene rings is 2. The van der Waals surface area contributed by atoms with Crippen LogP contribution < -0.4 is 10.1 Å². The molecule has 0 atom stereocenters. The molecule has 0 radical (unpaired) electrons. The molecule has 2 aromatic heterocycles. The van der Waals surface area contributed by atoms with Crippen molar-refractivity contribution in [3.63, 3.8) is 0 Å². The van der Waals surface area contributed by atoms with Gasteiger partial charge in [-0.15, -0.1) is 11.3 Å². The van der Waals surface area contributed by atoms with Gasteiger partial charge in [0.05, 0.1) is 28.8 Å². The highest BCUT2D eigenvalue weighted by Crippen LogP contribution is 2.17. The van der Waals surface area contributed by atoms with Crippen LogP contribution in [0.15, 0.2) is 59.4 Å². The molecule has 0 bridgehead atoms. The lowest BCUT2D eigenvalue weighted by atomic mass is 10.2. The second-order valence-corrected chi connectivity index (χ2v) is 6.96. The van der Waals surface area contributed by atoms with Gasteiger partial charge in [0.15, 0.2) is 0 Å². The maximum Gasteiger partial charge on any atom is 0.251 e. The van der Waals surface area contributed by atoms with Crippen LogP contribution in [-0.2, 0) is 19.7 Å². The molecule has 0 unspecified atom stereocenters. The number of aryl methyl sites for hydroxylation is 1. The van der Waals surface area contributed by atoms with Crippen molar-refractivity contribution >= 4 is 28.3 Å². The van der Waals surface area contributed by atoms with Gasteiger partial charge >= 0.3 is 0 Å². The number of amides is 1. The van der Waals surface area contributed by atoms with E-state index in [1.807, 2.05) is 29.6 Å². The molecular formula is C21H20N4O2S. The van der Waals surface area contributed by atoms with Crippen LogP contribution in [0, 0.1) is 0 Å². The van der Waals surface area contributed by atoms with E-state index in [-0.39, 0.29) is 5.91 Å². The normalized spacial score (nSPS) is 10.9. The molecule has 0 fully saturated rings. The number of aromatic nitrogens is 3. The summed E-state index contributed by atoms with van der Waals surface area (Å²) in [6.07, 6.45) is 0. The number of carbonyl (C=O) groups excluding carboxylic acids is 1. The predicted molar refractivity (Wildman–Crippen MR) is 109 cm³/mol. The summed E-state index contributed by atoms with van der Waals surface area (Å²) in [7, 11) is 0. The van der Waals surface area contributed by atoms with Gasteiger partial charge in [-0.3, -0.25) is 4.79 Å². The zero-order valence-corrected chi connectivity index (χ0v) is 16.3. The standard InChI is InChI=1S/C21H20N4O2S/c1-2-25-19-6-4-3-5-18(19)24-20(25)11-22-21(26)15-7-9-17(10-8-15)27-12-16-13-28-14-23-16/h3-10,13-14H,2,11-12H2,1H3,(H,22,26). The first-order valence-corrected chi connectivity index (χ1v) is 10.0. The summed E-state index contributed by atoms with van der Waals surface area (Å²) >= 11 is 1.54. The van der Waals surface area contributed by atoms with Crippen molar-refractivity contribution in [1.29, 1.82) is 0 Å². The van der Waals surface area contributed by atoms with Gasteiger partial charge in [-0.25, -0.2) is 9.97 Å². The van der Waals surface area contributed by atoms with E-state index in [0.717, 1.165) is 29.1 Å². The molecule has 6 nitrogen and oxygen atoms in total. The van der Waals surface area contributed by atoms with Gasteiger partial charge in [0, 0.05) is 17.5 Å². The number of ether oxygens (including phenoxy) is 1. The fraction of sp³-hybridized carbons (Fsp3) is 0.190. The number of carbonyl (C=O) groups is 1. The molecule has 0 saturated heterocycles. The summed E-state index contributed by atoms with van der Waals surface area (Å²) in [6, 6.07) is 15.1. The largest absolute Gasteiger partial charge is 0.487 e. The zero-order chi connectivity index (χ0) is 19.3. The van der Waals surface area contributed by atoms with Crippen molar-refractivity contribution < 1.29 is 9.53 Å². The molecule has 2 heterocycles. The summed E-state index contributed by atoms with van der Waals surface area (Å²) in [4.78, 5) is 21.3. The lowest BCUT2D eigenvalue weighted by Gasteiger charge is -2.09. The third kappa shape index (κ3) is 3.89. The van der Waals surface area contributed by atoms with E-state index in [0.29, 0.717) is 24.5 Å². The Morgan fingerprint density at radius 3 is 2.75 bits per heavy atom. The zero-order valence-electron chi connectivity index (χ0n) is 15.5. The molecule has 0 aliphatic carbocycles. The Balaban J connectivity index is 1.38. The summed E-state index contributed by atoms with van der Waals surface area (Å²) in [6.45, 7) is 3.67. The topological polar surface area (TPSA) is 69.0 Å². The summed E-state index contributed by atoms with van der Waals surface area (Å²) in [5, 5.41) is 4.90. The Kier molecular flexibility index (Phi) is 5.34. The second-order valence-electron chi connectivity index (χ2n) is 6.24. The molecular weight excluding hydrogens is 372 g/mol. The summed E-state index contributed by atoms with van der Waals surface area (Å²) < 4.78 is 7.79. The van der Waals surface area contributed by atoms with Crippen LogP contribution in [0.5, 0.6) is 5.75 Å². The molecule has 0 spiro atoms. The number of thiazole rings is 1. The van der Waals surface area contributed by atoms with Gasteiger partial charge in [0.25, 0.3) is 5.91 Å². The number of hydrogen-bond donors (Lipinski definition) is 1. The van der Waals surface area contributed by atoms with Gasteiger partial charge in [0.1, 0.15) is 18.2 Å². The Labute approximate surface area is 166 Å². The van der Waals surface area contributed by atoms with E-state index in [9.17, 15) is 4.79 Å². The van der Waals surface area contributed by atoms with Crippen LogP contribution in [-0.4, -0.2) is 20.4 Å². The van der Waals surface area contributed by atoms with Gasteiger partial charge < -0.3 is 14.6 Å². The molecule has 142 valence electrons. The molecule has 4 aromatic rings. The quantitative estimate of drug-likeness (QED) is 0.516. The number of nitrogens with zero attached hydrogens (tertiary/aromatic N) is 3. The van der Waals surface area contributed by atoms with E-state index in [2.05, 4.69) is 26.8 Å². The number of fused-ring (bicyclic) bond motifs is 1. The minimum absolute atomic E-state index is 0.138. The Bertz CT molecular complexity index is 1070. The molecule has 1 N–H and O–H groups in total. The highest BCUT2D eigenvalue weighted by Gasteiger charge is 2.11. The Hall–Kier alpha value is -3.19. The fourth-order valence-electron chi connectivity index (χ4n) is 3.04. The lowest BCUT2D eigenvalue weighted by molar-refractivity contribution is 0.0949. The first-order valence-electron chi connectivity index (χ1n) is 9.07. The van der Waals surface area contributed by atoms with Crippen molar-refractivity contribution in [1.82, 2.24) is 19.9 Å². The van der Waals surface area contributed by atoms with Crippen molar-refractivity contribution in [3.8, 4) is 5.75 Å². The van der Waals surface area contributed by atoms with E-state index in [4.69, 9.17) is 4.74 Å². The minimum atomic E-state index is -0.138. The number of rotatable bonds is 7. The lowest BCUT2D eigenvalue weighted by Crippen LogP contribution is -2.24. The molecule has 0 aliphatic heterocycles. The monoisotopic (exact) mass is 392 g/mol. The Morgan fingerprint density at radius 2 is 2.00 bits per heavy atom. The SMILES string of the molecule is CCn1c(CNC(=O)c2ccc(OCc3cscn3)cc2)nc2ccccc21. The van der Waals surface area contributed by atoms with Crippen LogP contribution >= 0.6 is 11.3 Å².